The Labute approximate surface area is 94.5 Å². The molecule has 1 aromatic rings. The number of nitrogens with zero attached hydrogens (tertiary/aromatic N) is 2. The van der Waals surface area contributed by atoms with Crippen molar-refractivity contribution in [3.63, 3.8) is 0 Å². The molecule has 1 aliphatic carbocycles. The number of hydrogen-bond donors (Lipinski definition) is 2. The monoisotopic (exact) mass is 224 g/mol. The van der Waals surface area contributed by atoms with Gasteiger partial charge in [-0.1, -0.05) is 6.92 Å². The quantitative estimate of drug-likeness (QED) is 0.792. The van der Waals surface area contributed by atoms with Gasteiger partial charge in [0.15, 0.2) is 11.6 Å². The second kappa shape index (κ2) is 4.74. The second-order valence-electron chi connectivity index (χ2n) is 4.16. The molecule has 0 spiro atoms. The van der Waals surface area contributed by atoms with Crippen molar-refractivity contribution >= 4 is 5.82 Å². The Morgan fingerprint density at radius 1 is 1.56 bits per heavy atom. The maximum Gasteiger partial charge on any atom is 0.186 e. The Hall–Kier alpha value is -1.23. The number of hydrogen-bond acceptors (Lipinski definition) is 4. The van der Waals surface area contributed by atoms with Crippen LogP contribution in [-0.4, -0.2) is 22.6 Å². The van der Waals surface area contributed by atoms with Gasteiger partial charge in [0.05, 0.1) is 5.69 Å². The van der Waals surface area contributed by atoms with Crippen LogP contribution in [0.1, 0.15) is 25.5 Å². The van der Waals surface area contributed by atoms with E-state index in [-0.39, 0.29) is 17.7 Å². The van der Waals surface area contributed by atoms with E-state index in [1.807, 2.05) is 6.92 Å². The minimum atomic E-state index is -0.343. The molecule has 5 heteroatoms. The topological polar surface area (TPSA) is 63.8 Å². The number of nitrogens with one attached hydrogen (secondary N) is 1. The molecule has 1 fully saturated rings. The summed E-state index contributed by atoms with van der Waals surface area (Å²) in [7, 11) is 0. The van der Waals surface area contributed by atoms with Gasteiger partial charge in [-0.25, -0.2) is 14.4 Å². The lowest BCUT2D eigenvalue weighted by molar-refractivity contribution is 0.581. The van der Waals surface area contributed by atoms with Crippen LogP contribution >= 0.6 is 0 Å². The van der Waals surface area contributed by atoms with Crippen molar-refractivity contribution in [1.82, 2.24) is 9.97 Å². The van der Waals surface area contributed by atoms with Crippen molar-refractivity contribution in [1.29, 1.82) is 0 Å². The maximum atomic E-state index is 13.8. The van der Waals surface area contributed by atoms with Crippen molar-refractivity contribution < 1.29 is 4.39 Å². The molecule has 0 radical (unpaired) electrons. The number of aromatic nitrogens is 2. The highest BCUT2D eigenvalue weighted by Gasteiger charge is 2.31. The predicted molar refractivity (Wildman–Crippen MR) is 60.6 cm³/mol. The van der Waals surface area contributed by atoms with Gasteiger partial charge in [-0.3, -0.25) is 0 Å². The molecule has 2 rings (SSSR count). The Morgan fingerprint density at radius 2 is 2.31 bits per heavy atom. The first-order valence-corrected chi connectivity index (χ1v) is 5.72. The van der Waals surface area contributed by atoms with E-state index in [1.165, 1.54) is 19.2 Å². The third-order valence-electron chi connectivity index (χ3n) is 2.96. The van der Waals surface area contributed by atoms with Gasteiger partial charge in [0.2, 0.25) is 0 Å². The summed E-state index contributed by atoms with van der Waals surface area (Å²) in [5, 5.41) is 3.08. The zero-order valence-corrected chi connectivity index (χ0v) is 9.41. The second-order valence-corrected chi connectivity index (χ2v) is 4.16. The van der Waals surface area contributed by atoms with Gasteiger partial charge in [-0.2, -0.15) is 0 Å². The van der Waals surface area contributed by atoms with Gasteiger partial charge in [-0.05, 0) is 25.2 Å². The van der Waals surface area contributed by atoms with Crippen LogP contribution in [0.5, 0.6) is 0 Å². The van der Waals surface area contributed by atoms with E-state index in [9.17, 15) is 4.39 Å². The number of halogens is 1. The standard InChI is InChI=1S/C11H17FN4/c1-2-8-10(12)11(15-6-14-8)16-9(5-13)7-3-4-7/h6-7,9H,2-5,13H2,1H3,(H,14,15,16). The lowest BCUT2D eigenvalue weighted by Crippen LogP contribution is -2.31. The number of aryl methyl sites for hydroxylation is 1. The zero-order valence-electron chi connectivity index (χ0n) is 9.41. The average Bonchev–Trinajstić information content (AvgIpc) is 3.12. The fourth-order valence-corrected chi connectivity index (χ4v) is 1.80. The molecular weight excluding hydrogens is 207 g/mol. The smallest absolute Gasteiger partial charge is 0.186 e. The first kappa shape index (κ1) is 11.3. The summed E-state index contributed by atoms with van der Waals surface area (Å²) >= 11 is 0. The molecule has 3 N–H and O–H groups in total. The van der Waals surface area contributed by atoms with Gasteiger partial charge in [-0.15, -0.1) is 0 Å². The molecule has 1 unspecified atom stereocenters. The summed E-state index contributed by atoms with van der Waals surface area (Å²) in [5.41, 5.74) is 6.10. The van der Waals surface area contributed by atoms with Gasteiger partial charge in [0.25, 0.3) is 0 Å². The Bertz CT molecular complexity index is 365. The molecule has 0 saturated heterocycles. The van der Waals surface area contributed by atoms with Crippen LogP contribution in [-0.2, 0) is 6.42 Å². The molecule has 0 bridgehead atoms. The van der Waals surface area contributed by atoms with Crippen LogP contribution in [0.3, 0.4) is 0 Å². The van der Waals surface area contributed by atoms with Crippen molar-refractivity contribution in [2.45, 2.75) is 32.2 Å². The molecule has 1 aliphatic rings. The van der Waals surface area contributed by atoms with Crippen LogP contribution in [0.2, 0.25) is 0 Å². The highest BCUT2D eigenvalue weighted by Crippen LogP contribution is 2.33. The lowest BCUT2D eigenvalue weighted by Gasteiger charge is -2.17. The maximum absolute atomic E-state index is 13.8. The first-order valence-electron chi connectivity index (χ1n) is 5.72. The van der Waals surface area contributed by atoms with Crippen LogP contribution in [0, 0.1) is 11.7 Å². The van der Waals surface area contributed by atoms with Crippen LogP contribution in [0.25, 0.3) is 0 Å². The molecule has 1 saturated carbocycles. The minimum Gasteiger partial charge on any atom is -0.363 e. The molecule has 0 aromatic carbocycles. The van der Waals surface area contributed by atoms with Gasteiger partial charge in [0, 0.05) is 12.6 Å². The highest BCUT2D eigenvalue weighted by molar-refractivity contribution is 5.39. The third-order valence-corrected chi connectivity index (χ3v) is 2.96. The average molecular weight is 224 g/mol. The largest absolute Gasteiger partial charge is 0.363 e. The fourth-order valence-electron chi connectivity index (χ4n) is 1.80. The molecule has 4 nitrogen and oxygen atoms in total. The van der Waals surface area contributed by atoms with E-state index in [0.29, 0.717) is 24.6 Å². The highest BCUT2D eigenvalue weighted by atomic mass is 19.1. The van der Waals surface area contributed by atoms with Crippen molar-refractivity contribution in [3.05, 3.63) is 17.8 Å². The summed E-state index contributed by atoms with van der Waals surface area (Å²) in [4.78, 5) is 7.83. The van der Waals surface area contributed by atoms with E-state index >= 15 is 0 Å². The number of anilines is 1. The van der Waals surface area contributed by atoms with E-state index in [1.54, 1.807) is 0 Å². The minimum absolute atomic E-state index is 0.133. The van der Waals surface area contributed by atoms with Crippen molar-refractivity contribution in [2.24, 2.45) is 11.7 Å². The van der Waals surface area contributed by atoms with Gasteiger partial charge >= 0.3 is 0 Å². The molecule has 88 valence electrons. The summed E-state index contributed by atoms with van der Waals surface area (Å²) in [6.07, 6.45) is 4.30. The predicted octanol–water partition coefficient (Wildman–Crippen LogP) is 1.33. The molecule has 16 heavy (non-hydrogen) atoms. The fraction of sp³-hybridized carbons (Fsp3) is 0.636. The Kier molecular flexibility index (Phi) is 3.33. The van der Waals surface area contributed by atoms with Gasteiger partial charge in [0.1, 0.15) is 6.33 Å². The lowest BCUT2D eigenvalue weighted by atomic mass is 10.2. The van der Waals surface area contributed by atoms with Gasteiger partial charge < -0.3 is 11.1 Å². The first-order chi connectivity index (χ1) is 7.76. The van der Waals surface area contributed by atoms with Crippen LogP contribution in [0.4, 0.5) is 10.2 Å². The molecular formula is C11H17FN4. The summed E-state index contributed by atoms with van der Waals surface area (Å²) in [5.74, 6) is 0.516. The van der Waals surface area contributed by atoms with E-state index in [4.69, 9.17) is 5.73 Å². The third kappa shape index (κ3) is 2.29. The Balaban J connectivity index is 2.13. The molecule has 0 amide bonds. The van der Waals surface area contributed by atoms with Crippen LogP contribution < -0.4 is 11.1 Å². The molecule has 0 aliphatic heterocycles. The summed E-state index contributed by atoms with van der Waals surface area (Å²) in [6, 6.07) is 0.133. The van der Waals surface area contributed by atoms with E-state index in [2.05, 4.69) is 15.3 Å². The van der Waals surface area contributed by atoms with Crippen molar-refractivity contribution in [2.75, 3.05) is 11.9 Å². The normalized spacial score (nSPS) is 17.2. The number of nitrogens with two attached hydrogens (primary N) is 1. The number of rotatable bonds is 5. The molecule has 1 atom stereocenters. The summed E-state index contributed by atoms with van der Waals surface area (Å²) in [6.45, 7) is 2.38. The van der Waals surface area contributed by atoms with Crippen LogP contribution in [0.15, 0.2) is 6.33 Å². The molecule has 1 heterocycles. The molecule has 1 aromatic heterocycles. The van der Waals surface area contributed by atoms with Crippen molar-refractivity contribution in [3.8, 4) is 0 Å². The van der Waals surface area contributed by atoms with E-state index in [0.717, 1.165) is 0 Å². The Morgan fingerprint density at radius 3 is 2.88 bits per heavy atom. The zero-order chi connectivity index (χ0) is 11.5. The van der Waals surface area contributed by atoms with E-state index < -0.39 is 0 Å². The summed E-state index contributed by atoms with van der Waals surface area (Å²) < 4.78 is 13.8. The SMILES string of the molecule is CCc1ncnc(NC(CN)C2CC2)c1F.